The SMILES string of the molecule is Cc1ccc(Nc2cc(N3CCN(C(=O)COc4ccccc4)CC3)nc(C)n2)cc1. The molecule has 2 aromatic carbocycles. The molecule has 1 fully saturated rings. The summed E-state index contributed by atoms with van der Waals surface area (Å²) in [6.45, 7) is 6.73. The lowest BCUT2D eigenvalue weighted by Crippen LogP contribution is -2.50. The second kappa shape index (κ2) is 9.47. The minimum atomic E-state index is 0.00379. The van der Waals surface area contributed by atoms with Crippen molar-refractivity contribution in [1.82, 2.24) is 14.9 Å². The Morgan fingerprint density at radius 1 is 0.968 bits per heavy atom. The quantitative estimate of drug-likeness (QED) is 0.661. The first-order valence-corrected chi connectivity index (χ1v) is 10.5. The normalized spacial score (nSPS) is 13.7. The first-order valence-electron chi connectivity index (χ1n) is 10.5. The molecular formula is C24H27N5O2. The van der Waals surface area contributed by atoms with Gasteiger partial charge < -0.3 is 19.9 Å². The van der Waals surface area contributed by atoms with E-state index in [1.807, 2.05) is 60.4 Å². The number of nitrogens with zero attached hydrogens (tertiary/aromatic N) is 4. The lowest BCUT2D eigenvalue weighted by molar-refractivity contribution is -0.133. The number of nitrogens with one attached hydrogen (secondary N) is 1. The van der Waals surface area contributed by atoms with Crippen LogP contribution < -0.4 is 15.0 Å². The Morgan fingerprint density at radius 2 is 1.68 bits per heavy atom. The largest absolute Gasteiger partial charge is 0.484 e. The van der Waals surface area contributed by atoms with E-state index in [0.717, 1.165) is 30.4 Å². The van der Waals surface area contributed by atoms with E-state index in [-0.39, 0.29) is 12.5 Å². The van der Waals surface area contributed by atoms with E-state index in [4.69, 9.17) is 4.74 Å². The van der Waals surface area contributed by atoms with E-state index < -0.39 is 0 Å². The second-order valence-electron chi connectivity index (χ2n) is 7.62. The van der Waals surface area contributed by atoms with Crippen molar-refractivity contribution in [2.45, 2.75) is 13.8 Å². The highest BCUT2D eigenvalue weighted by atomic mass is 16.5. The molecule has 0 aliphatic carbocycles. The summed E-state index contributed by atoms with van der Waals surface area (Å²) in [6.07, 6.45) is 0. The third-order valence-electron chi connectivity index (χ3n) is 5.21. The van der Waals surface area contributed by atoms with Gasteiger partial charge in [0.2, 0.25) is 0 Å². The van der Waals surface area contributed by atoms with Gasteiger partial charge in [0.15, 0.2) is 6.61 Å². The molecule has 0 saturated carbocycles. The summed E-state index contributed by atoms with van der Waals surface area (Å²) in [5, 5.41) is 3.35. The molecule has 2 heterocycles. The molecule has 0 unspecified atom stereocenters. The summed E-state index contributed by atoms with van der Waals surface area (Å²) >= 11 is 0. The van der Waals surface area contributed by atoms with E-state index in [2.05, 4.69) is 39.2 Å². The van der Waals surface area contributed by atoms with Crippen LogP contribution in [0, 0.1) is 13.8 Å². The van der Waals surface area contributed by atoms with Crippen molar-refractivity contribution in [3.8, 4) is 5.75 Å². The molecule has 1 saturated heterocycles. The molecule has 1 aliphatic rings. The lowest BCUT2D eigenvalue weighted by Gasteiger charge is -2.35. The number of carbonyl (C=O) groups excluding carboxylic acids is 1. The standard InChI is InChI=1S/C24H27N5O2/c1-18-8-10-20(11-9-18)27-22-16-23(26-19(2)25-22)28-12-14-29(15-13-28)24(30)17-31-21-6-4-3-5-7-21/h3-11,16H,12-15,17H2,1-2H3,(H,25,26,27). The van der Waals surface area contributed by atoms with Crippen LogP contribution in [0.15, 0.2) is 60.7 Å². The van der Waals surface area contributed by atoms with Gasteiger partial charge in [0, 0.05) is 37.9 Å². The van der Waals surface area contributed by atoms with Gasteiger partial charge in [0.05, 0.1) is 0 Å². The number of anilines is 3. The Morgan fingerprint density at radius 3 is 2.39 bits per heavy atom. The molecule has 1 N–H and O–H groups in total. The number of piperazine rings is 1. The molecule has 4 rings (SSSR count). The van der Waals surface area contributed by atoms with Crippen molar-refractivity contribution in [2.75, 3.05) is 43.0 Å². The van der Waals surface area contributed by atoms with Crippen molar-refractivity contribution in [3.05, 3.63) is 72.1 Å². The van der Waals surface area contributed by atoms with Crippen molar-refractivity contribution < 1.29 is 9.53 Å². The predicted molar refractivity (Wildman–Crippen MR) is 122 cm³/mol. The Bertz CT molecular complexity index is 1020. The molecule has 0 atom stereocenters. The average Bonchev–Trinajstić information content (AvgIpc) is 2.79. The highest BCUT2D eigenvalue weighted by Gasteiger charge is 2.23. The number of aromatic nitrogens is 2. The molecule has 0 bridgehead atoms. The van der Waals surface area contributed by atoms with E-state index in [1.165, 1.54) is 5.56 Å². The monoisotopic (exact) mass is 417 g/mol. The van der Waals surface area contributed by atoms with Gasteiger partial charge in [-0.1, -0.05) is 35.9 Å². The number of benzene rings is 2. The summed E-state index contributed by atoms with van der Waals surface area (Å²) in [5.41, 5.74) is 2.20. The van der Waals surface area contributed by atoms with E-state index in [0.29, 0.717) is 24.7 Å². The minimum Gasteiger partial charge on any atom is -0.484 e. The molecule has 160 valence electrons. The van der Waals surface area contributed by atoms with E-state index >= 15 is 0 Å². The zero-order valence-corrected chi connectivity index (χ0v) is 17.9. The first-order chi connectivity index (χ1) is 15.1. The van der Waals surface area contributed by atoms with Crippen LogP contribution in [0.4, 0.5) is 17.3 Å². The number of amides is 1. The molecule has 31 heavy (non-hydrogen) atoms. The summed E-state index contributed by atoms with van der Waals surface area (Å²) in [4.78, 5) is 25.7. The van der Waals surface area contributed by atoms with Crippen molar-refractivity contribution >= 4 is 23.2 Å². The van der Waals surface area contributed by atoms with E-state index in [1.54, 1.807) is 0 Å². The Balaban J connectivity index is 1.34. The Labute approximate surface area is 182 Å². The maximum atomic E-state index is 12.5. The maximum absolute atomic E-state index is 12.5. The van der Waals surface area contributed by atoms with Crippen LogP contribution in [0.25, 0.3) is 0 Å². The fraction of sp³-hybridized carbons (Fsp3) is 0.292. The second-order valence-corrected chi connectivity index (χ2v) is 7.62. The van der Waals surface area contributed by atoms with E-state index in [9.17, 15) is 4.79 Å². The maximum Gasteiger partial charge on any atom is 0.260 e. The fourth-order valence-electron chi connectivity index (χ4n) is 3.50. The number of ether oxygens (including phenoxy) is 1. The summed E-state index contributed by atoms with van der Waals surface area (Å²) < 4.78 is 5.59. The van der Waals surface area contributed by atoms with Crippen LogP contribution in [0.1, 0.15) is 11.4 Å². The van der Waals surface area contributed by atoms with Gasteiger partial charge in [-0.05, 0) is 38.1 Å². The molecule has 3 aromatic rings. The van der Waals surface area contributed by atoms with Crippen molar-refractivity contribution in [2.24, 2.45) is 0 Å². The van der Waals surface area contributed by atoms with Crippen LogP contribution in [0.5, 0.6) is 5.75 Å². The molecule has 0 radical (unpaired) electrons. The molecule has 1 aliphatic heterocycles. The lowest BCUT2D eigenvalue weighted by atomic mass is 10.2. The smallest absolute Gasteiger partial charge is 0.260 e. The van der Waals surface area contributed by atoms with Crippen LogP contribution in [0.2, 0.25) is 0 Å². The highest BCUT2D eigenvalue weighted by Crippen LogP contribution is 2.21. The molecule has 1 amide bonds. The fourth-order valence-corrected chi connectivity index (χ4v) is 3.50. The number of aryl methyl sites for hydroxylation is 2. The average molecular weight is 418 g/mol. The van der Waals surface area contributed by atoms with Gasteiger partial charge in [-0.2, -0.15) is 0 Å². The molecule has 7 nitrogen and oxygen atoms in total. The van der Waals surface area contributed by atoms with Crippen molar-refractivity contribution in [1.29, 1.82) is 0 Å². The van der Waals surface area contributed by atoms with Gasteiger partial charge in [-0.25, -0.2) is 9.97 Å². The number of para-hydroxylation sites is 1. The molecule has 7 heteroatoms. The zero-order chi connectivity index (χ0) is 21.6. The third kappa shape index (κ3) is 5.51. The number of rotatable bonds is 6. The van der Waals surface area contributed by atoms with Crippen LogP contribution in [-0.4, -0.2) is 53.6 Å². The topological polar surface area (TPSA) is 70.6 Å². The van der Waals surface area contributed by atoms with Gasteiger partial charge in [-0.15, -0.1) is 0 Å². The van der Waals surface area contributed by atoms with Crippen LogP contribution in [0.3, 0.4) is 0 Å². The van der Waals surface area contributed by atoms with Crippen molar-refractivity contribution in [3.63, 3.8) is 0 Å². The molecule has 0 spiro atoms. The number of hydrogen-bond donors (Lipinski definition) is 1. The van der Waals surface area contributed by atoms with Gasteiger partial charge in [0.1, 0.15) is 23.2 Å². The zero-order valence-electron chi connectivity index (χ0n) is 17.9. The van der Waals surface area contributed by atoms with Crippen LogP contribution in [-0.2, 0) is 4.79 Å². The summed E-state index contributed by atoms with van der Waals surface area (Å²) in [6, 6.07) is 19.6. The third-order valence-corrected chi connectivity index (χ3v) is 5.21. The summed E-state index contributed by atoms with van der Waals surface area (Å²) in [7, 11) is 0. The Kier molecular flexibility index (Phi) is 6.31. The van der Waals surface area contributed by atoms with Gasteiger partial charge in [0.25, 0.3) is 5.91 Å². The highest BCUT2D eigenvalue weighted by molar-refractivity contribution is 5.78. The molecular weight excluding hydrogens is 390 g/mol. The Hall–Kier alpha value is -3.61. The van der Waals surface area contributed by atoms with Crippen LogP contribution >= 0.6 is 0 Å². The first kappa shape index (κ1) is 20.7. The molecule has 1 aromatic heterocycles. The number of hydrogen-bond acceptors (Lipinski definition) is 6. The predicted octanol–water partition coefficient (Wildman–Crippen LogP) is 3.56. The summed E-state index contributed by atoms with van der Waals surface area (Å²) in [5.74, 6) is 3.06. The van der Waals surface area contributed by atoms with Gasteiger partial charge >= 0.3 is 0 Å². The minimum absolute atomic E-state index is 0.00379. The van der Waals surface area contributed by atoms with Gasteiger partial charge in [-0.3, -0.25) is 4.79 Å². The number of carbonyl (C=O) groups is 1.